The lowest BCUT2D eigenvalue weighted by atomic mass is 9.98. The minimum absolute atomic E-state index is 0.00180. The molecule has 4 aliphatic rings. The van der Waals surface area contributed by atoms with E-state index in [9.17, 15) is 28.3 Å². The Hall–Kier alpha value is -3.27. The van der Waals surface area contributed by atoms with Gasteiger partial charge < -0.3 is 24.6 Å². The molecule has 8 nitrogen and oxygen atoms in total. The van der Waals surface area contributed by atoms with E-state index in [-0.39, 0.29) is 42.1 Å². The van der Waals surface area contributed by atoms with Crippen LogP contribution < -0.4 is 10.7 Å². The number of ether oxygens (including phenoxy) is 1. The summed E-state index contributed by atoms with van der Waals surface area (Å²) >= 11 is 0. The quantitative estimate of drug-likeness (QED) is 0.693. The van der Waals surface area contributed by atoms with Crippen LogP contribution in [-0.2, 0) is 17.8 Å². The smallest absolute Gasteiger partial charge is 0.276 e. The van der Waals surface area contributed by atoms with Gasteiger partial charge in [-0.25, -0.2) is 8.78 Å². The molecule has 2 saturated carbocycles. The maximum Gasteiger partial charge on any atom is 0.276 e. The van der Waals surface area contributed by atoms with Crippen molar-refractivity contribution < 1.29 is 28.2 Å². The number of aromatic hydroxyl groups is 1. The molecule has 184 valence electrons. The summed E-state index contributed by atoms with van der Waals surface area (Å²) in [5.41, 5.74) is -1.32. The Labute approximate surface area is 199 Å². The Morgan fingerprint density at radius 2 is 1.86 bits per heavy atom. The molecule has 6 rings (SSSR count). The van der Waals surface area contributed by atoms with E-state index in [1.165, 1.54) is 17.2 Å². The summed E-state index contributed by atoms with van der Waals surface area (Å²) in [6, 6.07) is 2.85. The molecule has 35 heavy (non-hydrogen) atoms. The highest BCUT2D eigenvalue weighted by Crippen LogP contribution is 2.54. The van der Waals surface area contributed by atoms with Crippen molar-refractivity contribution in [3.8, 4) is 5.75 Å². The van der Waals surface area contributed by atoms with E-state index in [0.717, 1.165) is 25.0 Å². The highest BCUT2D eigenvalue weighted by molar-refractivity contribution is 5.99. The topological polar surface area (TPSA) is 101 Å². The zero-order chi connectivity index (χ0) is 24.6. The van der Waals surface area contributed by atoms with Gasteiger partial charge in [0.15, 0.2) is 17.7 Å². The Morgan fingerprint density at radius 3 is 2.54 bits per heavy atom. The highest BCUT2D eigenvalue weighted by atomic mass is 19.1. The van der Waals surface area contributed by atoms with E-state index in [4.69, 9.17) is 4.74 Å². The molecular weight excluding hydrogens is 460 g/mol. The van der Waals surface area contributed by atoms with Gasteiger partial charge in [0.2, 0.25) is 5.43 Å². The number of pyridine rings is 1. The van der Waals surface area contributed by atoms with Gasteiger partial charge in [0, 0.05) is 24.8 Å². The van der Waals surface area contributed by atoms with Gasteiger partial charge in [-0.05, 0) is 54.7 Å². The van der Waals surface area contributed by atoms with Crippen molar-refractivity contribution in [2.75, 3.05) is 0 Å². The minimum atomic E-state index is -0.974. The molecule has 6 atom stereocenters. The molecule has 3 heterocycles. The molecule has 0 radical (unpaired) electrons. The van der Waals surface area contributed by atoms with Crippen LogP contribution in [0.3, 0.4) is 0 Å². The first kappa shape index (κ1) is 22.2. The van der Waals surface area contributed by atoms with Crippen molar-refractivity contribution in [2.24, 2.45) is 17.8 Å². The average Bonchev–Trinajstić information content (AvgIpc) is 3.43. The van der Waals surface area contributed by atoms with Crippen molar-refractivity contribution in [1.82, 2.24) is 14.8 Å². The van der Waals surface area contributed by atoms with E-state index in [1.807, 2.05) is 0 Å². The second-order valence-corrected chi connectivity index (χ2v) is 10.2. The van der Waals surface area contributed by atoms with Crippen molar-refractivity contribution in [1.29, 1.82) is 0 Å². The van der Waals surface area contributed by atoms with Gasteiger partial charge in [-0.1, -0.05) is 6.92 Å². The summed E-state index contributed by atoms with van der Waals surface area (Å²) in [5.74, 6) is -1.99. The Kier molecular flexibility index (Phi) is 5.00. The fraction of sp³-hybridized carbons (Fsp3) is 0.480. The molecule has 2 aliphatic carbocycles. The first-order valence-electron chi connectivity index (χ1n) is 11.9. The lowest BCUT2D eigenvalue weighted by molar-refractivity contribution is -0.141. The maximum absolute atomic E-state index is 13.4. The molecule has 2 N–H and O–H groups in total. The fourth-order valence-electron chi connectivity index (χ4n) is 6.18. The molecule has 2 aromatic rings. The van der Waals surface area contributed by atoms with Crippen molar-refractivity contribution in [3.05, 3.63) is 63.1 Å². The van der Waals surface area contributed by atoms with Crippen LogP contribution in [0.2, 0.25) is 0 Å². The lowest BCUT2D eigenvalue weighted by Crippen LogP contribution is -2.57. The molecule has 10 heteroatoms. The molecule has 1 aromatic heterocycles. The molecule has 0 spiro atoms. The van der Waals surface area contributed by atoms with Crippen molar-refractivity contribution >= 4 is 11.8 Å². The predicted molar refractivity (Wildman–Crippen MR) is 119 cm³/mol. The molecule has 2 aliphatic heterocycles. The number of carbonyl (C=O) groups excluding carboxylic acids is 2. The average molecular weight is 485 g/mol. The Balaban J connectivity index is 1.26. The van der Waals surface area contributed by atoms with E-state index in [2.05, 4.69) is 12.2 Å². The fourth-order valence-corrected chi connectivity index (χ4v) is 6.18. The van der Waals surface area contributed by atoms with Crippen LogP contribution in [0.4, 0.5) is 8.78 Å². The summed E-state index contributed by atoms with van der Waals surface area (Å²) in [5, 5.41) is 13.1. The summed E-state index contributed by atoms with van der Waals surface area (Å²) in [6.45, 7) is 2.19. The number of aromatic nitrogens is 1. The largest absolute Gasteiger partial charge is 0.503 e. The zero-order valence-corrected chi connectivity index (χ0v) is 19.0. The third kappa shape index (κ3) is 3.62. The summed E-state index contributed by atoms with van der Waals surface area (Å²) in [6.07, 6.45) is 3.57. The number of amides is 2. The predicted octanol–water partition coefficient (Wildman–Crippen LogP) is 2.38. The second-order valence-electron chi connectivity index (χ2n) is 10.2. The van der Waals surface area contributed by atoms with Crippen LogP contribution in [0.15, 0.2) is 29.2 Å². The molecular formula is C25H25F2N3O5. The Bertz CT molecular complexity index is 1290. The van der Waals surface area contributed by atoms with Crippen LogP contribution in [0, 0.1) is 29.4 Å². The molecule has 2 amide bonds. The van der Waals surface area contributed by atoms with E-state index in [0.29, 0.717) is 23.8 Å². The van der Waals surface area contributed by atoms with Crippen LogP contribution in [0.1, 0.15) is 52.6 Å². The number of rotatable bonds is 4. The van der Waals surface area contributed by atoms with Gasteiger partial charge in [-0.2, -0.15) is 0 Å². The first-order chi connectivity index (χ1) is 16.7. The van der Waals surface area contributed by atoms with Crippen molar-refractivity contribution in [2.45, 2.75) is 57.6 Å². The normalized spacial score (nSPS) is 30.6. The monoisotopic (exact) mass is 485 g/mol. The van der Waals surface area contributed by atoms with Gasteiger partial charge in [0.25, 0.3) is 11.8 Å². The van der Waals surface area contributed by atoms with Gasteiger partial charge in [-0.15, -0.1) is 0 Å². The second kappa shape index (κ2) is 7.87. The highest BCUT2D eigenvalue weighted by Gasteiger charge is 2.55. The number of nitrogens with one attached hydrogen (secondary N) is 1. The lowest BCUT2D eigenvalue weighted by Gasteiger charge is -2.44. The number of hydrogen-bond donors (Lipinski definition) is 2. The summed E-state index contributed by atoms with van der Waals surface area (Å²) < 4.78 is 34.6. The zero-order valence-electron chi connectivity index (χ0n) is 19.0. The van der Waals surface area contributed by atoms with E-state index in [1.54, 1.807) is 4.90 Å². The molecule has 1 saturated heterocycles. The van der Waals surface area contributed by atoms with Gasteiger partial charge in [-0.3, -0.25) is 14.4 Å². The van der Waals surface area contributed by atoms with Gasteiger partial charge >= 0.3 is 0 Å². The van der Waals surface area contributed by atoms with Gasteiger partial charge in [0.1, 0.15) is 17.2 Å². The Morgan fingerprint density at radius 1 is 1.14 bits per heavy atom. The number of carbonyl (C=O) groups is 2. The standard InChI is InChI=1S/C25H25F2N3O5/c1-11-2-16(11)17-6-15-7-19(17)35-20-10-29-9-18(22(31)23(32)21(29)25(34)30(15)20)24(33)28-8-12-3-13(26)5-14(27)4-12/h3-5,9,11,15-17,19-20,32H,2,6-8,10H2,1H3,(H,28,33)/t11?,15-,16+,17?,19-,20+/m1/s1. The first-order valence-corrected chi connectivity index (χ1v) is 11.9. The number of fused-ring (bicyclic) bond motifs is 5. The van der Waals surface area contributed by atoms with Crippen LogP contribution in [0.25, 0.3) is 0 Å². The molecule has 1 aromatic carbocycles. The van der Waals surface area contributed by atoms with Crippen LogP contribution in [0.5, 0.6) is 5.75 Å². The maximum atomic E-state index is 13.4. The number of hydrogen-bond acceptors (Lipinski definition) is 5. The third-order valence-electron chi connectivity index (χ3n) is 7.95. The number of halogens is 2. The third-order valence-corrected chi connectivity index (χ3v) is 7.95. The number of benzene rings is 1. The summed E-state index contributed by atoms with van der Waals surface area (Å²) in [7, 11) is 0. The van der Waals surface area contributed by atoms with Gasteiger partial charge in [0.05, 0.1) is 12.6 Å². The van der Waals surface area contributed by atoms with Crippen LogP contribution in [-0.4, -0.2) is 44.8 Å². The summed E-state index contributed by atoms with van der Waals surface area (Å²) in [4.78, 5) is 40.6. The SMILES string of the molecule is CC1C[C@@H]1C1C[C@@H]2C[C@H]1O[C@H]1Cn3cc(C(=O)NCc4cc(F)cc(F)c4)c(=O)c(O)c3C(=O)N21. The molecule has 2 bridgehead atoms. The molecule has 3 fully saturated rings. The van der Waals surface area contributed by atoms with Crippen LogP contribution >= 0.6 is 0 Å². The van der Waals surface area contributed by atoms with E-state index >= 15 is 0 Å². The minimum Gasteiger partial charge on any atom is -0.503 e. The van der Waals surface area contributed by atoms with E-state index < -0.39 is 40.9 Å². The molecule has 2 unspecified atom stereocenters. The van der Waals surface area contributed by atoms with Crippen molar-refractivity contribution in [3.63, 3.8) is 0 Å². The number of nitrogens with zero attached hydrogens (tertiary/aromatic N) is 2.